The number of aryl methyl sites for hydroxylation is 1. The standard InChI is InChI=1S/C20H17N5O2/c1-13-17(14-4-2-5-16(10-14)27-15-6-7-15)11-24-12-23-25(19(26)18(13)24)20-21-8-3-9-22-20/h2-5,8-12,15H,6-7H2,1H3. The van der Waals surface area contributed by atoms with E-state index in [4.69, 9.17) is 4.74 Å². The van der Waals surface area contributed by atoms with Crippen molar-refractivity contribution in [2.75, 3.05) is 0 Å². The molecule has 1 saturated carbocycles. The van der Waals surface area contributed by atoms with Gasteiger partial charge in [-0.2, -0.15) is 9.78 Å². The first-order valence-corrected chi connectivity index (χ1v) is 8.85. The van der Waals surface area contributed by atoms with Crippen LogP contribution in [0.4, 0.5) is 0 Å². The summed E-state index contributed by atoms with van der Waals surface area (Å²) in [5.74, 6) is 1.12. The molecule has 134 valence electrons. The molecule has 0 atom stereocenters. The van der Waals surface area contributed by atoms with Gasteiger partial charge >= 0.3 is 0 Å². The summed E-state index contributed by atoms with van der Waals surface area (Å²) >= 11 is 0. The Kier molecular flexibility index (Phi) is 3.53. The predicted octanol–water partition coefficient (Wildman–Crippen LogP) is 2.79. The van der Waals surface area contributed by atoms with E-state index in [9.17, 15) is 4.79 Å². The van der Waals surface area contributed by atoms with Crippen molar-refractivity contribution in [2.24, 2.45) is 0 Å². The molecule has 0 saturated heterocycles. The summed E-state index contributed by atoms with van der Waals surface area (Å²) in [7, 11) is 0. The molecule has 1 aromatic carbocycles. The van der Waals surface area contributed by atoms with Crippen LogP contribution in [0.25, 0.3) is 22.6 Å². The van der Waals surface area contributed by atoms with E-state index < -0.39 is 0 Å². The highest BCUT2D eigenvalue weighted by molar-refractivity contribution is 5.76. The van der Waals surface area contributed by atoms with E-state index in [-0.39, 0.29) is 11.5 Å². The fourth-order valence-corrected chi connectivity index (χ4v) is 3.19. The van der Waals surface area contributed by atoms with Gasteiger partial charge in [0.2, 0.25) is 0 Å². The lowest BCUT2D eigenvalue weighted by molar-refractivity contribution is 0.303. The second-order valence-electron chi connectivity index (χ2n) is 6.67. The lowest BCUT2D eigenvalue weighted by Gasteiger charge is -2.06. The van der Waals surface area contributed by atoms with E-state index in [1.807, 2.05) is 37.4 Å². The Morgan fingerprint density at radius 1 is 1.15 bits per heavy atom. The molecular formula is C20H17N5O2. The molecule has 0 aliphatic heterocycles. The van der Waals surface area contributed by atoms with Crippen LogP contribution in [0, 0.1) is 6.92 Å². The largest absolute Gasteiger partial charge is 0.490 e. The van der Waals surface area contributed by atoms with Gasteiger partial charge in [0.1, 0.15) is 17.6 Å². The minimum absolute atomic E-state index is 0.252. The summed E-state index contributed by atoms with van der Waals surface area (Å²) in [6.07, 6.45) is 9.28. The van der Waals surface area contributed by atoms with Crippen molar-refractivity contribution in [3.05, 3.63) is 71.2 Å². The molecule has 0 radical (unpaired) electrons. The van der Waals surface area contributed by atoms with Gasteiger partial charge in [-0.15, -0.1) is 0 Å². The zero-order valence-electron chi connectivity index (χ0n) is 14.7. The number of nitrogens with zero attached hydrogens (tertiary/aromatic N) is 5. The average molecular weight is 359 g/mol. The third kappa shape index (κ3) is 2.77. The molecular weight excluding hydrogens is 342 g/mol. The van der Waals surface area contributed by atoms with Crippen LogP contribution < -0.4 is 10.3 Å². The molecule has 0 amide bonds. The highest BCUT2D eigenvalue weighted by Crippen LogP contribution is 2.32. The molecule has 0 spiro atoms. The van der Waals surface area contributed by atoms with Crippen molar-refractivity contribution in [3.8, 4) is 22.8 Å². The van der Waals surface area contributed by atoms with Crippen molar-refractivity contribution in [1.29, 1.82) is 0 Å². The van der Waals surface area contributed by atoms with Crippen LogP contribution in [-0.4, -0.2) is 30.3 Å². The number of rotatable bonds is 4. The van der Waals surface area contributed by atoms with Gasteiger partial charge in [-0.1, -0.05) is 12.1 Å². The SMILES string of the molecule is Cc1c(-c2cccc(OC3CC3)c2)cn2cnn(-c3ncccn3)c(=O)c12. The molecule has 1 aliphatic rings. The zero-order valence-corrected chi connectivity index (χ0v) is 14.7. The Morgan fingerprint density at radius 3 is 2.74 bits per heavy atom. The lowest BCUT2D eigenvalue weighted by atomic mass is 10.0. The van der Waals surface area contributed by atoms with Gasteiger partial charge in [-0.25, -0.2) is 9.97 Å². The Labute approximate surface area is 154 Å². The first kappa shape index (κ1) is 15.7. The smallest absolute Gasteiger partial charge is 0.298 e. The lowest BCUT2D eigenvalue weighted by Crippen LogP contribution is -2.24. The van der Waals surface area contributed by atoms with E-state index in [0.29, 0.717) is 11.6 Å². The van der Waals surface area contributed by atoms with Gasteiger partial charge in [0.05, 0.1) is 6.10 Å². The van der Waals surface area contributed by atoms with Crippen LogP contribution in [0.1, 0.15) is 18.4 Å². The molecule has 27 heavy (non-hydrogen) atoms. The minimum Gasteiger partial charge on any atom is -0.490 e. The molecule has 3 aromatic heterocycles. The first-order chi connectivity index (χ1) is 13.2. The summed E-state index contributed by atoms with van der Waals surface area (Å²) in [6, 6.07) is 9.68. The highest BCUT2D eigenvalue weighted by Gasteiger charge is 2.23. The molecule has 0 unspecified atom stereocenters. The third-order valence-electron chi connectivity index (χ3n) is 4.69. The molecule has 0 N–H and O–H groups in total. The maximum atomic E-state index is 13.0. The van der Waals surface area contributed by atoms with E-state index >= 15 is 0 Å². The number of hydrogen-bond donors (Lipinski definition) is 0. The highest BCUT2D eigenvalue weighted by atomic mass is 16.5. The number of benzene rings is 1. The van der Waals surface area contributed by atoms with Crippen molar-refractivity contribution in [2.45, 2.75) is 25.9 Å². The van der Waals surface area contributed by atoms with E-state index in [0.717, 1.165) is 35.3 Å². The second kappa shape index (κ2) is 6.05. The third-order valence-corrected chi connectivity index (χ3v) is 4.69. The summed E-state index contributed by atoms with van der Waals surface area (Å²) in [5.41, 5.74) is 3.17. The van der Waals surface area contributed by atoms with Crippen LogP contribution in [0.2, 0.25) is 0 Å². The van der Waals surface area contributed by atoms with Crippen molar-refractivity contribution in [3.63, 3.8) is 0 Å². The molecule has 5 rings (SSSR count). The fourth-order valence-electron chi connectivity index (χ4n) is 3.19. The van der Waals surface area contributed by atoms with Crippen LogP contribution >= 0.6 is 0 Å². The van der Waals surface area contributed by atoms with Crippen LogP contribution in [0.3, 0.4) is 0 Å². The summed E-state index contributed by atoms with van der Waals surface area (Å²) in [5, 5.41) is 4.21. The average Bonchev–Trinajstić information content (AvgIpc) is 3.44. The van der Waals surface area contributed by atoms with Crippen LogP contribution in [-0.2, 0) is 0 Å². The summed E-state index contributed by atoms with van der Waals surface area (Å²) in [6.45, 7) is 1.94. The Morgan fingerprint density at radius 2 is 1.96 bits per heavy atom. The minimum atomic E-state index is -0.252. The van der Waals surface area contributed by atoms with Crippen molar-refractivity contribution in [1.82, 2.24) is 24.1 Å². The molecule has 7 heteroatoms. The number of ether oxygens (including phenoxy) is 1. The van der Waals surface area contributed by atoms with Gasteiger partial charge in [0.15, 0.2) is 0 Å². The maximum Gasteiger partial charge on any atom is 0.298 e. The fraction of sp³-hybridized carbons (Fsp3) is 0.200. The van der Waals surface area contributed by atoms with Gasteiger partial charge < -0.3 is 9.14 Å². The molecule has 0 bridgehead atoms. The normalized spacial score (nSPS) is 13.8. The summed E-state index contributed by atoms with van der Waals surface area (Å²) < 4.78 is 8.87. The maximum absolute atomic E-state index is 13.0. The summed E-state index contributed by atoms with van der Waals surface area (Å²) in [4.78, 5) is 21.2. The zero-order chi connectivity index (χ0) is 18.4. The number of aromatic nitrogens is 5. The molecule has 3 heterocycles. The molecule has 4 aromatic rings. The van der Waals surface area contributed by atoms with Gasteiger partial charge in [-0.05, 0) is 49.1 Å². The molecule has 1 fully saturated rings. The van der Waals surface area contributed by atoms with Crippen LogP contribution in [0.15, 0.2) is 60.0 Å². The van der Waals surface area contributed by atoms with Crippen molar-refractivity contribution < 1.29 is 4.74 Å². The van der Waals surface area contributed by atoms with Gasteiger partial charge in [-0.3, -0.25) is 4.79 Å². The number of hydrogen-bond acceptors (Lipinski definition) is 5. The van der Waals surface area contributed by atoms with E-state index in [2.05, 4.69) is 15.1 Å². The first-order valence-electron chi connectivity index (χ1n) is 8.85. The van der Waals surface area contributed by atoms with E-state index in [1.54, 1.807) is 29.2 Å². The molecule has 1 aliphatic carbocycles. The monoisotopic (exact) mass is 359 g/mol. The quantitative estimate of drug-likeness (QED) is 0.560. The number of fused-ring (bicyclic) bond motifs is 1. The van der Waals surface area contributed by atoms with Gasteiger partial charge in [0.25, 0.3) is 11.5 Å². The van der Waals surface area contributed by atoms with Crippen molar-refractivity contribution >= 4 is 5.52 Å². The Bertz CT molecular complexity index is 1190. The second-order valence-corrected chi connectivity index (χ2v) is 6.67. The van der Waals surface area contributed by atoms with E-state index in [1.165, 1.54) is 4.68 Å². The predicted molar refractivity (Wildman–Crippen MR) is 100 cm³/mol. The Hall–Kier alpha value is -3.48. The van der Waals surface area contributed by atoms with Crippen LogP contribution in [0.5, 0.6) is 5.75 Å². The van der Waals surface area contributed by atoms with Gasteiger partial charge in [0, 0.05) is 24.2 Å². The Balaban J connectivity index is 1.64. The topological polar surface area (TPSA) is 74.3 Å². The molecule has 7 nitrogen and oxygen atoms in total.